The number of aromatic nitrogens is 4. The van der Waals surface area contributed by atoms with E-state index in [4.69, 9.17) is 11.6 Å². The van der Waals surface area contributed by atoms with E-state index in [9.17, 15) is 9.59 Å². The van der Waals surface area contributed by atoms with Crippen molar-refractivity contribution in [1.29, 1.82) is 0 Å². The number of aryl methyl sites for hydroxylation is 1. The average molecular weight is 444 g/mol. The van der Waals surface area contributed by atoms with Crippen LogP contribution in [0.15, 0.2) is 78.0 Å². The Hall–Kier alpha value is -3.97. The van der Waals surface area contributed by atoms with Crippen molar-refractivity contribution in [2.75, 3.05) is 11.2 Å². The summed E-state index contributed by atoms with van der Waals surface area (Å²) in [7, 11) is 0. The van der Waals surface area contributed by atoms with E-state index < -0.39 is 0 Å². The Balaban J connectivity index is 1.80. The van der Waals surface area contributed by atoms with Crippen molar-refractivity contribution in [1.82, 2.24) is 19.3 Å². The van der Waals surface area contributed by atoms with Crippen LogP contribution < -0.4 is 10.9 Å². The summed E-state index contributed by atoms with van der Waals surface area (Å²) in [4.78, 5) is 29.5. The zero-order valence-electron chi connectivity index (χ0n) is 17.1. The lowest BCUT2D eigenvalue weighted by molar-refractivity contribution is -0.113. The maximum absolute atomic E-state index is 13.1. The number of carbonyl (C=O) groups is 1. The standard InChI is InChI=1S/C24H18ClN5O2/c1-15-3-5-18(12-21(15)28-22(31)13-25)30-23(32)8-4-16-14-26-20-7-6-17(11-19(20)24(16)30)29-10-2-9-27-29/h2-12,14H,13H2,1H3,(H,28,31). The largest absolute Gasteiger partial charge is 0.325 e. The van der Waals surface area contributed by atoms with Crippen LogP contribution in [-0.2, 0) is 4.79 Å². The molecule has 0 radical (unpaired) electrons. The zero-order valence-corrected chi connectivity index (χ0v) is 17.9. The Bertz CT molecular complexity index is 1540. The number of anilines is 1. The minimum Gasteiger partial charge on any atom is -0.325 e. The number of halogens is 1. The Kier molecular flexibility index (Phi) is 4.95. The van der Waals surface area contributed by atoms with Gasteiger partial charge in [0.25, 0.3) is 5.56 Å². The molecule has 0 atom stereocenters. The highest BCUT2D eigenvalue weighted by molar-refractivity contribution is 6.29. The van der Waals surface area contributed by atoms with Gasteiger partial charge in [-0.2, -0.15) is 5.10 Å². The molecule has 0 bridgehead atoms. The quantitative estimate of drug-likeness (QED) is 0.333. The summed E-state index contributed by atoms with van der Waals surface area (Å²) in [5.41, 5.74) is 4.27. The summed E-state index contributed by atoms with van der Waals surface area (Å²) in [6.07, 6.45) is 5.33. The molecule has 0 spiro atoms. The van der Waals surface area contributed by atoms with Gasteiger partial charge < -0.3 is 5.32 Å². The molecule has 7 nitrogen and oxygen atoms in total. The zero-order chi connectivity index (χ0) is 22.2. The second-order valence-electron chi connectivity index (χ2n) is 7.40. The van der Waals surface area contributed by atoms with Crippen LogP contribution in [0.2, 0.25) is 0 Å². The van der Waals surface area contributed by atoms with Gasteiger partial charge in [-0.15, -0.1) is 11.6 Å². The molecule has 0 fully saturated rings. The van der Waals surface area contributed by atoms with Crippen molar-refractivity contribution in [2.24, 2.45) is 0 Å². The van der Waals surface area contributed by atoms with Gasteiger partial charge in [-0.25, -0.2) is 4.68 Å². The number of benzene rings is 2. The van der Waals surface area contributed by atoms with Gasteiger partial charge >= 0.3 is 0 Å². The van der Waals surface area contributed by atoms with Gasteiger partial charge in [-0.1, -0.05) is 6.07 Å². The van der Waals surface area contributed by atoms with Gasteiger partial charge in [-0.05, 0) is 55.0 Å². The molecule has 5 aromatic rings. The second-order valence-corrected chi connectivity index (χ2v) is 7.67. The number of fused-ring (bicyclic) bond motifs is 3. The molecule has 0 aliphatic rings. The first-order valence-electron chi connectivity index (χ1n) is 9.96. The molecule has 0 unspecified atom stereocenters. The fourth-order valence-corrected chi connectivity index (χ4v) is 3.85. The summed E-state index contributed by atoms with van der Waals surface area (Å²) < 4.78 is 3.40. The van der Waals surface area contributed by atoms with Gasteiger partial charge in [0.05, 0.1) is 22.4 Å². The maximum Gasteiger partial charge on any atom is 0.255 e. The van der Waals surface area contributed by atoms with E-state index in [-0.39, 0.29) is 17.3 Å². The van der Waals surface area contributed by atoms with Crippen molar-refractivity contribution in [3.63, 3.8) is 0 Å². The topological polar surface area (TPSA) is 81.8 Å². The minimum atomic E-state index is -0.310. The molecule has 0 aliphatic heterocycles. The molecule has 3 aromatic heterocycles. The van der Waals surface area contributed by atoms with Crippen LogP contribution in [0.4, 0.5) is 5.69 Å². The van der Waals surface area contributed by atoms with E-state index in [1.807, 2.05) is 49.5 Å². The van der Waals surface area contributed by atoms with E-state index in [0.717, 1.165) is 33.1 Å². The number of nitrogens with one attached hydrogen (secondary N) is 1. The Morgan fingerprint density at radius 2 is 1.94 bits per heavy atom. The van der Waals surface area contributed by atoms with Gasteiger partial charge in [0.2, 0.25) is 5.91 Å². The monoisotopic (exact) mass is 443 g/mol. The van der Waals surface area contributed by atoms with Crippen molar-refractivity contribution < 1.29 is 4.79 Å². The average Bonchev–Trinajstić information content (AvgIpc) is 3.35. The van der Waals surface area contributed by atoms with Crippen molar-refractivity contribution >= 4 is 45.0 Å². The van der Waals surface area contributed by atoms with Crippen molar-refractivity contribution in [3.8, 4) is 11.4 Å². The van der Waals surface area contributed by atoms with E-state index in [1.165, 1.54) is 6.07 Å². The molecular formula is C24H18ClN5O2. The smallest absolute Gasteiger partial charge is 0.255 e. The number of alkyl halides is 1. The first-order valence-corrected chi connectivity index (χ1v) is 10.5. The third-order valence-electron chi connectivity index (χ3n) is 5.34. The Labute approximate surface area is 187 Å². The number of amides is 1. The predicted octanol–water partition coefficient (Wildman–Crippen LogP) is 4.21. The van der Waals surface area contributed by atoms with Crippen molar-refractivity contribution in [2.45, 2.75) is 6.92 Å². The number of hydrogen-bond donors (Lipinski definition) is 1. The molecule has 8 heteroatoms. The highest BCUT2D eigenvalue weighted by Crippen LogP contribution is 2.28. The molecule has 0 saturated heterocycles. The van der Waals surface area contributed by atoms with E-state index in [2.05, 4.69) is 15.4 Å². The summed E-state index contributed by atoms with van der Waals surface area (Å²) in [6, 6.07) is 16.5. The number of carbonyl (C=O) groups excluding carboxylic acids is 1. The van der Waals surface area contributed by atoms with Gasteiger partial charge in [-0.3, -0.25) is 19.1 Å². The lowest BCUT2D eigenvalue weighted by atomic mass is 10.1. The van der Waals surface area contributed by atoms with Crippen LogP contribution >= 0.6 is 11.6 Å². The molecule has 3 heterocycles. The Morgan fingerprint density at radius 1 is 1.09 bits per heavy atom. The summed E-state index contributed by atoms with van der Waals surface area (Å²) >= 11 is 5.66. The lowest BCUT2D eigenvalue weighted by Gasteiger charge is -2.15. The highest BCUT2D eigenvalue weighted by atomic mass is 35.5. The molecule has 0 saturated carbocycles. The van der Waals surface area contributed by atoms with Gasteiger partial charge in [0.1, 0.15) is 5.88 Å². The normalized spacial score (nSPS) is 11.2. The molecule has 0 aliphatic carbocycles. The van der Waals surface area contributed by atoms with Crippen LogP contribution in [0, 0.1) is 6.92 Å². The first-order chi connectivity index (χ1) is 15.5. The maximum atomic E-state index is 13.1. The van der Waals surface area contributed by atoms with Crippen LogP contribution in [0.3, 0.4) is 0 Å². The molecular weight excluding hydrogens is 426 g/mol. The third-order valence-corrected chi connectivity index (χ3v) is 5.59. The van der Waals surface area contributed by atoms with Gasteiger partial charge in [0.15, 0.2) is 0 Å². The number of nitrogens with zero attached hydrogens (tertiary/aromatic N) is 4. The van der Waals surface area contributed by atoms with Crippen molar-refractivity contribution in [3.05, 3.63) is 89.1 Å². The summed E-state index contributed by atoms with van der Waals surface area (Å²) in [5.74, 6) is -0.458. The molecule has 1 N–H and O–H groups in total. The Morgan fingerprint density at radius 3 is 2.72 bits per heavy atom. The number of rotatable bonds is 4. The third kappa shape index (κ3) is 3.42. The fraction of sp³-hybridized carbons (Fsp3) is 0.0833. The second kappa shape index (κ2) is 7.94. The predicted molar refractivity (Wildman–Crippen MR) is 126 cm³/mol. The molecule has 2 aromatic carbocycles. The molecule has 158 valence electrons. The van der Waals surface area contributed by atoms with E-state index >= 15 is 0 Å². The summed E-state index contributed by atoms with van der Waals surface area (Å²) in [6.45, 7) is 1.88. The fourth-order valence-electron chi connectivity index (χ4n) is 3.79. The van der Waals surface area contributed by atoms with Crippen LogP contribution in [0.1, 0.15) is 5.56 Å². The van der Waals surface area contributed by atoms with E-state index in [1.54, 1.807) is 33.8 Å². The van der Waals surface area contributed by atoms with E-state index in [0.29, 0.717) is 11.4 Å². The van der Waals surface area contributed by atoms with Gasteiger partial charge in [0, 0.05) is 41.1 Å². The highest BCUT2D eigenvalue weighted by Gasteiger charge is 2.13. The lowest BCUT2D eigenvalue weighted by Crippen LogP contribution is -2.19. The SMILES string of the molecule is Cc1ccc(-n2c(=O)ccc3cnc4ccc(-n5cccn5)cc4c32)cc1NC(=O)CCl. The van der Waals surface area contributed by atoms with Crippen LogP contribution in [0.25, 0.3) is 33.2 Å². The number of hydrogen-bond acceptors (Lipinski definition) is 4. The number of pyridine rings is 2. The molecule has 5 rings (SSSR count). The van der Waals surface area contributed by atoms with Crippen LogP contribution in [0.5, 0.6) is 0 Å². The van der Waals surface area contributed by atoms with Crippen LogP contribution in [-0.4, -0.2) is 31.1 Å². The summed E-state index contributed by atoms with van der Waals surface area (Å²) in [5, 5.41) is 8.74. The first kappa shape index (κ1) is 20.0. The molecule has 32 heavy (non-hydrogen) atoms. The minimum absolute atomic E-state index is 0.148. The molecule has 1 amide bonds.